The van der Waals surface area contributed by atoms with Crippen LogP contribution < -0.4 is 10.2 Å². The molecule has 104 valence electrons. The molecule has 0 aromatic heterocycles. The van der Waals surface area contributed by atoms with Gasteiger partial charge in [-0.1, -0.05) is 17.7 Å². The number of hydrogen-bond donors (Lipinski definition) is 1. The number of carbonyl (C=O) groups excluding carboxylic acids is 1. The maximum Gasteiger partial charge on any atom is 0.247 e. The van der Waals surface area contributed by atoms with Crippen LogP contribution in [0.25, 0.3) is 0 Å². The van der Waals surface area contributed by atoms with Gasteiger partial charge in [0.1, 0.15) is 0 Å². The van der Waals surface area contributed by atoms with Crippen LogP contribution in [0, 0.1) is 13.8 Å². The van der Waals surface area contributed by atoms with E-state index in [0.29, 0.717) is 0 Å². The van der Waals surface area contributed by atoms with Gasteiger partial charge in [0.25, 0.3) is 0 Å². The standard InChI is InChI=1S/C16H24N2O/c1-11-7-8-13(12(2)9-11)18-14(19)16(5,6)17-10-15(18,3)4/h7-9,17H,10H2,1-6H3. The maximum atomic E-state index is 12.8. The van der Waals surface area contributed by atoms with Gasteiger partial charge >= 0.3 is 0 Å². The Kier molecular flexibility index (Phi) is 3.21. The summed E-state index contributed by atoms with van der Waals surface area (Å²) in [5.74, 6) is 0.135. The Morgan fingerprint density at radius 1 is 1.16 bits per heavy atom. The van der Waals surface area contributed by atoms with E-state index in [0.717, 1.165) is 17.8 Å². The molecule has 0 atom stereocenters. The van der Waals surface area contributed by atoms with E-state index < -0.39 is 5.54 Å². The molecule has 1 N–H and O–H groups in total. The monoisotopic (exact) mass is 260 g/mol. The van der Waals surface area contributed by atoms with Gasteiger partial charge in [-0.2, -0.15) is 0 Å². The maximum absolute atomic E-state index is 12.8. The number of rotatable bonds is 1. The van der Waals surface area contributed by atoms with E-state index in [2.05, 4.69) is 51.2 Å². The number of hydrogen-bond acceptors (Lipinski definition) is 2. The number of amides is 1. The van der Waals surface area contributed by atoms with Gasteiger partial charge in [0.15, 0.2) is 0 Å². The number of nitrogens with one attached hydrogen (secondary N) is 1. The van der Waals surface area contributed by atoms with Crippen LogP contribution in [0.2, 0.25) is 0 Å². The third-order valence-electron chi connectivity index (χ3n) is 3.90. The zero-order valence-electron chi connectivity index (χ0n) is 12.8. The van der Waals surface area contributed by atoms with Gasteiger partial charge in [-0.15, -0.1) is 0 Å². The Balaban J connectivity index is 2.52. The lowest BCUT2D eigenvalue weighted by Gasteiger charge is -2.49. The molecule has 3 heteroatoms. The molecule has 2 rings (SSSR count). The molecule has 19 heavy (non-hydrogen) atoms. The summed E-state index contributed by atoms with van der Waals surface area (Å²) in [6.07, 6.45) is 0. The molecule has 0 unspecified atom stereocenters. The molecule has 0 aliphatic carbocycles. The minimum Gasteiger partial charge on any atom is -0.304 e. The second-order valence-electron chi connectivity index (χ2n) is 6.72. The minimum atomic E-state index is -0.507. The van der Waals surface area contributed by atoms with Crippen LogP contribution in [0.4, 0.5) is 5.69 Å². The molecular formula is C16H24N2O. The third-order valence-corrected chi connectivity index (χ3v) is 3.90. The number of anilines is 1. The first-order valence-corrected chi connectivity index (χ1v) is 6.82. The fraction of sp³-hybridized carbons (Fsp3) is 0.562. The molecule has 1 amide bonds. The largest absolute Gasteiger partial charge is 0.304 e. The van der Waals surface area contributed by atoms with Crippen LogP contribution in [0.1, 0.15) is 38.8 Å². The van der Waals surface area contributed by atoms with Gasteiger partial charge in [-0.25, -0.2) is 0 Å². The van der Waals surface area contributed by atoms with Crippen LogP contribution >= 0.6 is 0 Å². The quantitative estimate of drug-likeness (QED) is 0.842. The van der Waals surface area contributed by atoms with Crippen molar-refractivity contribution in [2.75, 3.05) is 11.4 Å². The van der Waals surface area contributed by atoms with Crippen molar-refractivity contribution in [1.82, 2.24) is 5.32 Å². The van der Waals surface area contributed by atoms with E-state index in [4.69, 9.17) is 0 Å². The SMILES string of the molecule is Cc1ccc(N2C(=O)C(C)(C)NCC2(C)C)c(C)c1. The molecule has 1 aromatic carbocycles. The first-order valence-electron chi connectivity index (χ1n) is 6.82. The van der Waals surface area contributed by atoms with Crippen molar-refractivity contribution in [3.05, 3.63) is 29.3 Å². The summed E-state index contributed by atoms with van der Waals surface area (Å²) in [4.78, 5) is 14.7. The smallest absolute Gasteiger partial charge is 0.247 e. The molecule has 1 aliphatic heterocycles. The molecule has 0 radical (unpaired) electrons. The lowest BCUT2D eigenvalue weighted by atomic mass is 9.89. The fourth-order valence-corrected chi connectivity index (χ4v) is 2.64. The number of piperazine rings is 1. The second kappa shape index (κ2) is 4.34. The Bertz CT molecular complexity index is 517. The van der Waals surface area contributed by atoms with Crippen molar-refractivity contribution in [2.45, 2.75) is 52.6 Å². The molecule has 1 saturated heterocycles. The van der Waals surface area contributed by atoms with E-state index in [1.807, 2.05) is 18.7 Å². The van der Waals surface area contributed by atoms with Crippen molar-refractivity contribution in [2.24, 2.45) is 0 Å². The minimum absolute atomic E-state index is 0.135. The number of carbonyl (C=O) groups is 1. The van der Waals surface area contributed by atoms with E-state index in [-0.39, 0.29) is 11.4 Å². The van der Waals surface area contributed by atoms with Gasteiger partial charge in [-0.05, 0) is 53.2 Å². The topological polar surface area (TPSA) is 32.3 Å². The summed E-state index contributed by atoms with van der Waals surface area (Å²) in [5.41, 5.74) is 2.68. The molecule has 0 spiro atoms. The zero-order valence-corrected chi connectivity index (χ0v) is 12.8. The number of nitrogens with zero attached hydrogens (tertiary/aromatic N) is 1. The van der Waals surface area contributed by atoms with E-state index in [1.165, 1.54) is 5.56 Å². The van der Waals surface area contributed by atoms with Crippen molar-refractivity contribution in [1.29, 1.82) is 0 Å². The molecule has 1 aliphatic rings. The summed E-state index contributed by atoms with van der Waals surface area (Å²) in [6, 6.07) is 6.26. The van der Waals surface area contributed by atoms with Crippen molar-refractivity contribution in [3.63, 3.8) is 0 Å². The first-order chi connectivity index (χ1) is 8.65. The molecule has 0 bridgehead atoms. The average Bonchev–Trinajstić information content (AvgIpc) is 2.28. The molecule has 1 fully saturated rings. The van der Waals surface area contributed by atoms with Gasteiger partial charge in [-0.3, -0.25) is 4.79 Å². The predicted octanol–water partition coefficient (Wildman–Crippen LogP) is 2.80. The van der Waals surface area contributed by atoms with E-state index in [9.17, 15) is 4.79 Å². The van der Waals surface area contributed by atoms with Crippen LogP contribution in [0.15, 0.2) is 18.2 Å². The normalized spacial score (nSPS) is 21.6. The van der Waals surface area contributed by atoms with Crippen LogP contribution in [0.5, 0.6) is 0 Å². The Morgan fingerprint density at radius 3 is 2.37 bits per heavy atom. The Hall–Kier alpha value is -1.35. The van der Waals surface area contributed by atoms with Crippen LogP contribution in [-0.2, 0) is 4.79 Å². The molecular weight excluding hydrogens is 236 g/mol. The second-order valence-corrected chi connectivity index (χ2v) is 6.72. The van der Waals surface area contributed by atoms with Gasteiger partial charge < -0.3 is 10.2 Å². The zero-order chi connectivity index (χ0) is 14.4. The number of aryl methyl sites for hydroxylation is 2. The number of benzene rings is 1. The van der Waals surface area contributed by atoms with Crippen molar-refractivity contribution < 1.29 is 4.79 Å². The first kappa shape index (κ1) is 14.1. The summed E-state index contributed by atoms with van der Waals surface area (Å²) in [7, 11) is 0. The predicted molar refractivity (Wildman–Crippen MR) is 79.6 cm³/mol. The third kappa shape index (κ3) is 2.39. The van der Waals surface area contributed by atoms with Gasteiger partial charge in [0.2, 0.25) is 5.91 Å². The Morgan fingerprint density at radius 2 is 1.79 bits per heavy atom. The highest BCUT2D eigenvalue weighted by molar-refractivity contribution is 6.02. The van der Waals surface area contributed by atoms with Crippen molar-refractivity contribution >= 4 is 11.6 Å². The van der Waals surface area contributed by atoms with E-state index in [1.54, 1.807) is 0 Å². The van der Waals surface area contributed by atoms with Crippen LogP contribution in [-0.4, -0.2) is 23.5 Å². The summed E-state index contributed by atoms with van der Waals surface area (Å²) in [5, 5.41) is 3.34. The van der Waals surface area contributed by atoms with Crippen molar-refractivity contribution in [3.8, 4) is 0 Å². The highest BCUT2D eigenvalue weighted by Gasteiger charge is 2.45. The lowest BCUT2D eigenvalue weighted by Crippen LogP contribution is -2.70. The summed E-state index contributed by atoms with van der Waals surface area (Å²) >= 11 is 0. The van der Waals surface area contributed by atoms with Gasteiger partial charge in [0.05, 0.1) is 11.1 Å². The molecule has 1 heterocycles. The molecule has 1 aromatic rings. The molecule has 0 saturated carbocycles. The average molecular weight is 260 g/mol. The fourth-order valence-electron chi connectivity index (χ4n) is 2.64. The highest BCUT2D eigenvalue weighted by atomic mass is 16.2. The summed E-state index contributed by atoms with van der Waals surface area (Å²) in [6.45, 7) is 13.0. The Labute approximate surface area is 116 Å². The summed E-state index contributed by atoms with van der Waals surface area (Å²) < 4.78 is 0. The van der Waals surface area contributed by atoms with E-state index >= 15 is 0 Å². The lowest BCUT2D eigenvalue weighted by molar-refractivity contribution is -0.126. The highest BCUT2D eigenvalue weighted by Crippen LogP contribution is 2.33. The van der Waals surface area contributed by atoms with Crippen LogP contribution in [0.3, 0.4) is 0 Å². The molecule has 3 nitrogen and oxygen atoms in total. The van der Waals surface area contributed by atoms with Gasteiger partial charge in [0, 0.05) is 12.2 Å².